The minimum Gasteiger partial charge on any atom is -0.303 e. The minimum atomic E-state index is -0.308. The minimum absolute atomic E-state index is 0.0206. The lowest BCUT2D eigenvalue weighted by atomic mass is 9.93. The van der Waals surface area contributed by atoms with Crippen molar-refractivity contribution in [3.8, 4) is 0 Å². The first-order valence-electron chi connectivity index (χ1n) is 9.45. The van der Waals surface area contributed by atoms with E-state index in [0.717, 1.165) is 32.5 Å². The van der Waals surface area contributed by atoms with Crippen molar-refractivity contribution in [2.24, 2.45) is 5.92 Å². The molecular formula is C21H27FN2O2S. The molecule has 4 nitrogen and oxygen atoms in total. The van der Waals surface area contributed by atoms with Crippen LogP contribution in [0.1, 0.15) is 30.7 Å². The van der Waals surface area contributed by atoms with E-state index < -0.39 is 0 Å². The van der Waals surface area contributed by atoms with Crippen molar-refractivity contribution < 1.29 is 14.0 Å². The van der Waals surface area contributed by atoms with E-state index in [4.69, 9.17) is 4.84 Å². The van der Waals surface area contributed by atoms with Crippen LogP contribution in [0.5, 0.6) is 0 Å². The predicted molar refractivity (Wildman–Crippen MR) is 106 cm³/mol. The summed E-state index contributed by atoms with van der Waals surface area (Å²) < 4.78 is 13.8. The highest BCUT2D eigenvalue weighted by Crippen LogP contribution is 2.24. The van der Waals surface area contributed by atoms with Crippen molar-refractivity contribution in [1.29, 1.82) is 0 Å². The highest BCUT2D eigenvalue weighted by molar-refractivity contribution is 7.09. The molecule has 2 heterocycles. The van der Waals surface area contributed by atoms with E-state index in [9.17, 15) is 9.18 Å². The van der Waals surface area contributed by atoms with Crippen molar-refractivity contribution >= 4 is 17.2 Å². The Kier molecular flexibility index (Phi) is 6.99. The van der Waals surface area contributed by atoms with Gasteiger partial charge in [-0.1, -0.05) is 31.2 Å². The van der Waals surface area contributed by atoms with E-state index >= 15 is 0 Å². The number of hydroxylamine groups is 2. The maximum atomic E-state index is 13.8. The number of likely N-dealkylation sites (tertiary alicyclic amines) is 1. The molecule has 2 atom stereocenters. The van der Waals surface area contributed by atoms with Gasteiger partial charge in [0.25, 0.3) is 0 Å². The lowest BCUT2D eigenvalue weighted by Crippen LogP contribution is -2.51. The molecule has 0 unspecified atom stereocenters. The van der Waals surface area contributed by atoms with Crippen LogP contribution in [-0.4, -0.2) is 41.5 Å². The zero-order valence-electron chi connectivity index (χ0n) is 15.9. The largest absolute Gasteiger partial charge is 0.303 e. The van der Waals surface area contributed by atoms with Crippen LogP contribution in [0.15, 0.2) is 41.8 Å². The Morgan fingerprint density at radius 2 is 2.15 bits per heavy atom. The van der Waals surface area contributed by atoms with Gasteiger partial charge in [0, 0.05) is 37.0 Å². The standard InChI is InChI=1S/C21H27FN2O2S/c1-16-14-23(11-9-19-7-5-13-27-19)12-10-21(16)24(17(2)25)26-15-18-6-3-4-8-20(18)22/h3-8,13,16,21H,9-12,14-15H2,1-2H3/t16-,21+/m0/s1. The molecule has 1 amide bonds. The van der Waals surface area contributed by atoms with Crippen molar-refractivity contribution in [1.82, 2.24) is 9.96 Å². The number of halogens is 1. The first-order chi connectivity index (χ1) is 13.0. The number of thiophene rings is 1. The first-order valence-corrected chi connectivity index (χ1v) is 10.3. The Balaban J connectivity index is 1.55. The topological polar surface area (TPSA) is 32.8 Å². The van der Waals surface area contributed by atoms with Gasteiger partial charge in [-0.15, -0.1) is 11.3 Å². The second-order valence-electron chi connectivity index (χ2n) is 7.17. The van der Waals surface area contributed by atoms with Crippen molar-refractivity contribution in [2.75, 3.05) is 19.6 Å². The SMILES string of the molecule is CC(=O)N(OCc1ccccc1F)[C@@H]1CCN(CCc2cccs2)C[C@@H]1C. The molecule has 1 fully saturated rings. The van der Waals surface area contributed by atoms with Gasteiger partial charge in [0.15, 0.2) is 0 Å². The number of benzene rings is 1. The fourth-order valence-electron chi connectivity index (χ4n) is 3.67. The normalized spacial score (nSPS) is 20.6. The summed E-state index contributed by atoms with van der Waals surface area (Å²) in [6, 6.07) is 10.8. The Hall–Kier alpha value is -1.76. The average Bonchev–Trinajstić information content (AvgIpc) is 3.16. The van der Waals surface area contributed by atoms with Crippen LogP contribution in [0, 0.1) is 11.7 Å². The lowest BCUT2D eigenvalue weighted by Gasteiger charge is -2.41. The molecule has 0 N–H and O–H groups in total. The monoisotopic (exact) mass is 390 g/mol. The van der Waals surface area contributed by atoms with E-state index in [2.05, 4.69) is 29.3 Å². The van der Waals surface area contributed by atoms with Crippen molar-refractivity contribution in [3.63, 3.8) is 0 Å². The summed E-state index contributed by atoms with van der Waals surface area (Å²) in [5.41, 5.74) is 0.463. The molecule has 3 rings (SSSR count). The third kappa shape index (κ3) is 5.37. The number of rotatable bonds is 7. The quantitative estimate of drug-likeness (QED) is 0.667. The van der Waals surface area contributed by atoms with Crippen LogP contribution in [0.3, 0.4) is 0 Å². The summed E-state index contributed by atoms with van der Waals surface area (Å²) in [5, 5.41) is 3.58. The Morgan fingerprint density at radius 1 is 1.33 bits per heavy atom. The number of hydrogen-bond donors (Lipinski definition) is 0. The number of carbonyl (C=O) groups is 1. The van der Waals surface area contributed by atoms with E-state index in [0.29, 0.717) is 11.5 Å². The van der Waals surface area contributed by atoms with E-state index in [1.165, 1.54) is 22.9 Å². The van der Waals surface area contributed by atoms with E-state index in [1.807, 2.05) is 0 Å². The number of piperidine rings is 1. The van der Waals surface area contributed by atoms with Gasteiger partial charge in [-0.05, 0) is 36.3 Å². The van der Waals surface area contributed by atoms with Gasteiger partial charge in [0.2, 0.25) is 5.91 Å². The molecule has 1 saturated heterocycles. The average molecular weight is 391 g/mol. The molecule has 1 aromatic heterocycles. The molecule has 1 aliphatic heterocycles. The lowest BCUT2D eigenvalue weighted by molar-refractivity contribution is -0.214. The molecule has 0 saturated carbocycles. The second-order valence-corrected chi connectivity index (χ2v) is 8.21. The van der Waals surface area contributed by atoms with E-state index in [1.54, 1.807) is 29.5 Å². The number of carbonyl (C=O) groups excluding carboxylic acids is 1. The molecule has 2 aromatic rings. The van der Waals surface area contributed by atoms with Gasteiger partial charge >= 0.3 is 0 Å². The van der Waals surface area contributed by atoms with Gasteiger partial charge < -0.3 is 4.90 Å². The zero-order valence-corrected chi connectivity index (χ0v) is 16.8. The Labute approximate surface area is 164 Å². The van der Waals surface area contributed by atoms with Gasteiger partial charge in [0.05, 0.1) is 6.04 Å². The van der Waals surface area contributed by atoms with Crippen molar-refractivity contribution in [3.05, 3.63) is 58.0 Å². The van der Waals surface area contributed by atoms with Gasteiger partial charge in [-0.25, -0.2) is 9.45 Å². The maximum absolute atomic E-state index is 13.8. The molecule has 0 radical (unpaired) electrons. The highest BCUT2D eigenvalue weighted by Gasteiger charge is 2.33. The fraction of sp³-hybridized carbons (Fsp3) is 0.476. The Bertz CT molecular complexity index is 738. The molecule has 0 bridgehead atoms. The molecule has 1 aromatic carbocycles. The predicted octanol–water partition coefficient (Wildman–Crippen LogP) is 4.12. The fourth-order valence-corrected chi connectivity index (χ4v) is 4.37. The number of nitrogens with zero attached hydrogens (tertiary/aromatic N) is 2. The summed E-state index contributed by atoms with van der Waals surface area (Å²) in [6.45, 7) is 6.64. The van der Waals surface area contributed by atoms with Gasteiger partial charge in [-0.3, -0.25) is 9.63 Å². The maximum Gasteiger partial charge on any atom is 0.243 e. The summed E-state index contributed by atoms with van der Waals surface area (Å²) in [7, 11) is 0. The van der Waals surface area contributed by atoms with Crippen LogP contribution in [0.2, 0.25) is 0 Å². The summed E-state index contributed by atoms with van der Waals surface area (Å²) in [4.78, 5) is 21.8. The number of amides is 1. The smallest absolute Gasteiger partial charge is 0.243 e. The zero-order chi connectivity index (χ0) is 19.2. The van der Waals surface area contributed by atoms with E-state index in [-0.39, 0.29) is 24.4 Å². The molecule has 27 heavy (non-hydrogen) atoms. The van der Waals surface area contributed by atoms with Crippen LogP contribution in [0.4, 0.5) is 4.39 Å². The third-order valence-corrected chi connectivity index (χ3v) is 6.06. The molecular weight excluding hydrogens is 363 g/mol. The number of hydrogen-bond acceptors (Lipinski definition) is 4. The summed E-state index contributed by atoms with van der Waals surface area (Å²) >= 11 is 1.80. The molecule has 6 heteroatoms. The van der Waals surface area contributed by atoms with Crippen LogP contribution in [0.25, 0.3) is 0 Å². The van der Waals surface area contributed by atoms with Gasteiger partial charge in [-0.2, -0.15) is 0 Å². The molecule has 1 aliphatic rings. The van der Waals surface area contributed by atoms with Crippen LogP contribution in [-0.2, 0) is 22.7 Å². The first kappa shape index (κ1) is 20.0. The van der Waals surface area contributed by atoms with Crippen molar-refractivity contribution in [2.45, 2.75) is 39.3 Å². The van der Waals surface area contributed by atoms with Crippen LogP contribution >= 0.6 is 11.3 Å². The van der Waals surface area contributed by atoms with Crippen LogP contribution < -0.4 is 0 Å². The molecule has 0 spiro atoms. The highest BCUT2D eigenvalue weighted by atomic mass is 32.1. The molecule has 146 valence electrons. The van der Waals surface area contributed by atoms with Gasteiger partial charge in [0.1, 0.15) is 12.4 Å². The second kappa shape index (κ2) is 9.44. The summed E-state index contributed by atoms with van der Waals surface area (Å²) in [5.74, 6) is -0.140. The third-order valence-electron chi connectivity index (χ3n) is 5.13. The Morgan fingerprint density at radius 3 is 2.81 bits per heavy atom. The summed E-state index contributed by atoms with van der Waals surface area (Å²) in [6.07, 6.45) is 1.93. The molecule has 0 aliphatic carbocycles.